The second kappa shape index (κ2) is 8.55. The van der Waals surface area contributed by atoms with Gasteiger partial charge in [-0.3, -0.25) is 9.10 Å². The average Bonchev–Trinajstić information content (AvgIpc) is 3.12. The summed E-state index contributed by atoms with van der Waals surface area (Å²) < 4.78 is 28.6. The first kappa shape index (κ1) is 21.3. The summed E-state index contributed by atoms with van der Waals surface area (Å²) in [5.74, 6) is -0.0956. The van der Waals surface area contributed by atoms with E-state index in [2.05, 4.69) is 5.32 Å². The van der Waals surface area contributed by atoms with Crippen LogP contribution < -0.4 is 9.62 Å². The zero-order chi connectivity index (χ0) is 21.2. The number of carbonyl (C=O) groups excluding carboxylic acids is 1. The number of nitrogens with one attached hydrogen (secondary N) is 1. The van der Waals surface area contributed by atoms with Gasteiger partial charge in [-0.2, -0.15) is 0 Å². The molecule has 0 aliphatic rings. The van der Waals surface area contributed by atoms with E-state index in [1.54, 1.807) is 30.3 Å². The van der Waals surface area contributed by atoms with E-state index in [1.165, 1.54) is 15.6 Å². The molecule has 1 heterocycles. The van der Waals surface area contributed by atoms with Gasteiger partial charge in [-0.1, -0.05) is 24.6 Å². The molecule has 2 aromatic carbocycles. The van der Waals surface area contributed by atoms with Crippen molar-refractivity contribution in [1.82, 2.24) is 5.32 Å². The predicted molar refractivity (Wildman–Crippen MR) is 120 cm³/mol. The molecular weight excluding hydrogens is 404 g/mol. The molecule has 0 aliphatic carbocycles. The molecule has 0 saturated carbocycles. The third kappa shape index (κ3) is 4.46. The Morgan fingerprint density at radius 3 is 2.41 bits per heavy atom. The molecule has 0 radical (unpaired) electrons. The van der Waals surface area contributed by atoms with Crippen LogP contribution in [0.25, 0.3) is 10.1 Å². The quantitative estimate of drug-likeness (QED) is 0.576. The molecule has 1 atom stereocenters. The van der Waals surface area contributed by atoms with Gasteiger partial charge in [0, 0.05) is 17.3 Å². The first-order valence-electron chi connectivity index (χ1n) is 9.70. The number of hydrogen-bond donors (Lipinski definition) is 1. The number of carbonyl (C=O) groups is 1. The van der Waals surface area contributed by atoms with Crippen molar-refractivity contribution >= 4 is 43.0 Å². The second-order valence-electron chi connectivity index (χ2n) is 7.10. The molecule has 0 bridgehead atoms. The maximum absolute atomic E-state index is 13.1. The minimum absolute atomic E-state index is 0.0956. The average molecular weight is 431 g/mol. The van der Waals surface area contributed by atoms with E-state index in [4.69, 9.17) is 0 Å². The largest absolute Gasteiger partial charge is 0.349 e. The van der Waals surface area contributed by atoms with Crippen molar-refractivity contribution in [2.45, 2.75) is 45.1 Å². The monoisotopic (exact) mass is 430 g/mol. The summed E-state index contributed by atoms with van der Waals surface area (Å²) in [4.78, 5) is 13.3. The lowest BCUT2D eigenvalue weighted by molar-refractivity contribution is 0.0943. The highest BCUT2D eigenvalue weighted by molar-refractivity contribution is 7.92. The van der Waals surface area contributed by atoms with Crippen molar-refractivity contribution in [3.63, 3.8) is 0 Å². The topological polar surface area (TPSA) is 66.5 Å². The van der Waals surface area contributed by atoms with Gasteiger partial charge < -0.3 is 5.32 Å². The van der Waals surface area contributed by atoms with E-state index < -0.39 is 10.0 Å². The van der Waals surface area contributed by atoms with Gasteiger partial charge in [-0.25, -0.2) is 8.42 Å². The molecular formula is C22H26N2O3S2. The van der Waals surface area contributed by atoms with Crippen LogP contribution in [0.5, 0.6) is 0 Å². The Morgan fingerprint density at radius 1 is 1.10 bits per heavy atom. The zero-order valence-electron chi connectivity index (χ0n) is 17.1. The van der Waals surface area contributed by atoms with E-state index in [0.29, 0.717) is 17.1 Å². The number of sulfonamides is 1. The summed E-state index contributed by atoms with van der Waals surface area (Å²) in [5.41, 5.74) is 1.60. The summed E-state index contributed by atoms with van der Waals surface area (Å²) in [7, 11) is -3.66. The van der Waals surface area contributed by atoms with E-state index in [0.717, 1.165) is 22.1 Å². The van der Waals surface area contributed by atoms with Gasteiger partial charge in [0.05, 0.1) is 15.5 Å². The maximum atomic E-state index is 13.1. The van der Waals surface area contributed by atoms with Crippen LogP contribution in [0.1, 0.15) is 42.4 Å². The van der Waals surface area contributed by atoms with Gasteiger partial charge in [0.15, 0.2) is 0 Å². The summed E-state index contributed by atoms with van der Waals surface area (Å²) in [6.07, 6.45) is 0.864. The highest BCUT2D eigenvalue weighted by Crippen LogP contribution is 2.32. The zero-order valence-corrected chi connectivity index (χ0v) is 18.7. The standard InChI is InChI=1S/C22H26N2O3S2/c1-5-16(4)23-22(25)21-14-17-13-18(9-12-20(17)28-21)24(6-2)29(26,27)19-10-7-15(3)8-11-19/h7-14,16H,5-6H2,1-4H3,(H,23,25)/t16-/m0/s1. The van der Waals surface area contributed by atoms with Gasteiger partial charge in [0.2, 0.25) is 0 Å². The third-order valence-corrected chi connectivity index (χ3v) is 7.93. The summed E-state index contributed by atoms with van der Waals surface area (Å²) in [6, 6.07) is 14.3. The molecule has 1 aromatic heterocycles. The molecule has 0 aliphatic heterocycles. The third-order valence-electron chi connectivity index (χ3n) is 4.90. The fourth-order valence-corrected chi connectivity index (χ4v) is 5.44. The molecule has 154 valence electrons. The summed E-state index contributed by atoms with van der Waals surface area (Å²) >= 11 is 1.41. The molecule has 3 rings (SSSR count). The SMILES string of the molecule is CC[C@H](C)NC(=O)c1cc2cc(N(CC)S(=O)(=O)c3ccc(C)cc3)ccc2s1. The first-order valence-corrected chi connectivity index (χ1v) is 12.0. The van der Waals surface area contributed by atoms with Crippen molar-refractivity contribution in [3.05, 3.63) is 59.0 Å². The van der Waals surface area contributed by atoms with Crippen molar-refractivity contribution in [2.75, 3.05) is 10.8 Å². The highest BCUT2D eigenvalue weighted by Gasteiger charge is 2.24. The van der Waals surface area contributed by atoms with Crippen molar-refractivity contribution in [1.29, 1.82) is 0 Å². The number of nitrogens with zero attached hydrogens (tertiary/aromatic N) is 1. The number of thiophene rings is 1. The van der Waals surface area contributed by atoms with Gasteiger partial charge in [-0.15, -0.1) is 11.3 Å². The number of amides is 1. The molecule has 0 spiro atoms. The number of benzene rings is 2. The number of hydrogen-bond acceptors (Lipinski definition) is 4. The molecule has 0 unspecified atom stereocenters. The lowest BCUT2D eigenvalue weighted by Gasteiger charge is -2.23. The van der Waals surface area contributed by atoms with E-state index >= 15 is 0 Å². The van der Waals surface area contributed by atoms with Crippen LogP contribution in [-0.2, 0) is 10.0 Å². The van der Waals surface area contributed by atoms with Gasteiger partial charge in [-0.05, 0) is 69.0 Å². The molecule has 0 saturated heterocycles. The fourth-order valence-electron chi connectivity index (χ4n) is 3.02. The van der Waals surface area contributed by atoms with Crippen LogP contribution in [0.15, 0.2) is 53.4 Å². The highest BCUT2D eigenvalue weighted by atomic mass is 32.2. The lowest BCUT2D eigenvalue weighted by atomic mass is 10.2. The van der Waals surface area contributed by atoms with Gasteiger partial charge in [0.1, 0.15) is 0 Å². The van der Waals surface area contributed by atoms with Crippen LogP contribution in [0.3, 0.4) is 0 Å². The fraction of sp³-hybridized carbons (Fsp3) is 0.318. The van der Waals surface area contributed by atoms with Crippen molar-refractivity contribution in [3.8, 4) is 0 Å². The Kier molecular flexibility index (Phi) is 6.29. The number of rotatable bonds is 7. The van der Waals surface area contributed by atoms with Crippen LogP contribution >= 0.6 is 11.3 Å². The summed E-state index contributed by atoms with van der Waals surface area (Å²) in [5, 5.41) is 3.83. The van der Waals surface area contributed by atoms with Crippen molar-refractivity contribution in [2.24, 2.45) is 0 Å². The molecule has 1 amide bonds. The Hall–Kier alpha value is -2.38. The first-order chi connectivity index (χ1) is 13.8. The van der Waals surface area contributed by atoms with Crippen LogP contribution in [0, 0.1) is 6.92 Å². The van der Waals surface area contributed by atoms with Crippen molar-refractivity contribution < 1.29 is 13.2 Å². The normalized spacial score (nSPS) is 12.7. The Morgan fingerprint density at radius 2 is 1.79 bits per heavy atom. The van der Waals surface area contributed by atoms with Crippen LogP contribution in [-0.4, -0.2) is 26.9 Å². The Balaban J connectivity index is 1.95. The number of anilines is 1. The lowest BCUT2D eigenvalue weighted by Crippen LogP contribution is -2.31. The molecule has 3 aromatic rings. The van der Waals surface area contributed by atoms with Gasteiger partial charge >= 0.3 is 0 Å². The molecule has 29 heavy (non-hydrogen) atoms. The Bertz CT molecular complexity index is 1120. The second-order valence-corrected chi connectivity index (χ2v) is 10.0. The molecule has 5 nitrogen and oxygen atoms in total. The van der Waals surface area contributed by atoms with E-state index in [-0.39, 0.29) is 16.8 Å². The smallest absolute Gasteiger partial charge is 0.264 e. The van der Waals surface area contributed by atoms with Crippen LogP contribution in [0.4, 0.5) is 5.69 Å². The van der Waals surface area contributed by atoms with Gasteiger partial charge in [0.25, 0.3) is 15.9 Å². The summed E-state index contributed by atoms with van der Waals surface area (Å²) in [6.45, 7) is 8.05. The molecule has 7 heteroatoms. The minimum Gasteiger partial charge on any atom is -0.349 e. The number of fused-ring (bicyclic) bond motifs is 1. The Labute approximate surface area is 176 Å². The molecule has 0 fully saturated rings. The molecule has 1 N–H and O–H groups in total. The van der Waals surface area contributed by atoms with E-state index in [9.17, 15) is 13.2 Å². The van der Waals surface area contributed by atoms with Crippen LogP contribution in [0.2, 0.25) is 0 Å². The minimum atomic E-state index is -3.66. The number of aryl methyl sites for hydroxylation is 1. The maximum Gasteiger partial charge on any atom is 0.264 e. The predicted octanol–water partition coefficient (Wildman–Crippen LogP) is 4.95. The van der Waals surface area contributed by atoms with E-state index in [1.807, 2.05) is 45.9 Å².